The van der Waals surface area contributed by atoms with Crippen molar-refractivity contribution in [3.05, 3.63) is 50.5 Å². The zero-order valence-corrected chi connectivity index (χ0v) is 10.1. The minimum atomic E-state index is -0.709. The molecule has 0 bridgehead atoms. The van der Waals surface area contributed by atoms with Crippen LogP contribution in [0.2, 0.25) is 5.02 Å². The second-order valence-electron chi connectivity index (χ2n) is 3.24. The van der Waals surface area contributed by atoms with E-state index in [1.54, 1.807) is 12.1 Å². The Bertz CT molecular complexity index is 519. The van der Waals surface area contributed by atoms with Gasteiger partial charge < -0.3 is 4.74 Å². The molecule has 0 unspecified atom stereocenters. The van der Waals surface area contributed by atoms with Gasteiger partial charge in [-0.2, -0.15) is 0 Å². The van der Waals surface area contributed by atoms with Gasteiger partial charge in [-0.25, -0.2) is 4.79 Å². The minimum Gasteiger partial charge on any atom is -0.466 e. The summed E-state index contributed by atoms with van der Waals surface area (Å²) >= 11 is 5.99. The van der Waals surface area contributed by atoms with Gasteiger partial charge in [0.25, 0.3) is 0 Å². The molecule has 0 aliphatic heterocycles. The molecule has 0 N–H and O–H groups in total. The zero-order chi connectivity index (χ0) is 12.8. The van der Waals surface area contributed by atoms with Crippen molar-refractivity contribution in [2.24, 2.45) is 5.11 Å². The summed E-state index contributed by atoms with van der Waals surface area (Å²) in [5.41, 5.74) is 9.79. The topological polar surface area (TPSA) is 75.1 Å². The Labute approximate surface area is 103 Å². The number of hydrogen-bond acceptors (Lipinski definition) is 3. The molecule has 0 saturated heterocycles. The highest BCUT2D eigenvalue weighted by molar-refractivity contribution is 6.32. The summed E-state index contributed by atoms with van der Waals surface area (Å²) in [4.78, 5) is 13.8. The van der Waals surface area contributed by atoms with Crippen molar-refractivity contribution in [3.63, 3.8) is 0 Å². The van der Waals surface area contributed by atoms with E-state index in [2.05, 4.69) is 14.8 Å². The van der Waals surface area contributed by atoms with Crippen LogP contribution in [-0.2, 0) is 9.53 Å². The molecule has 0 heterocycles. The van der Waals surface area contributed by atoms with Crippen LogP contribution in [0.25, 0.3) is 16.5 Å². The number of rotatable bonds is 3. The van der Waals surface area contributed by atoms with E-state index < -0.39 is 5.97 Å². The lowest BCUT2D eigenvalue weighted by Crippen LogP contribution is -2.01. The van der Waals surface area contributed by atoms with E-state index in [-0.39, 0.29) is 5.70 Å². The molecule has 0 saturated carbocycles. The quantitative estimate of drug-likeness (QED) is 0.271. The number of carbonyl (C=O) groups is 1. The van der Waals surface area contributed by atoms with Crippen LogP contribution in [0.4, 0.5) is 0 Å². The van der Waals surface area contributed by atoms with Crippen LogP contribution >= 0.6 is 11.6 Å². The molecule has 1 rings (SSSR count). The lowest BCUT2D eigenvalue weighted by atomic mass is 10.1. The van der Waals surface area contributed by atoms with E-state index in [9.17, 15) is 4.79 Å². The lowest BCUT2D eigenvalue weighted by molar-refractivity contribution is -0.136. The van der Waals surface area contributed by atoms with Crippen molar-refractivity contribution in [3.8, 4) is 0 Å². The Morgan fingerprint density at radius 2 is 2.29 bits per heavy atom. The molecule has 0 aliphatic carbocycles. The average molecular weight is 252 g/mol. The van der Waals surface area contributed by atoms with Gasteiger partial charge in [0.1, 0.15) is 5.70 Å². The Morgan fingerprint density at radius 3 is 2.82 bits per heavy atom. The first-order valence-electron chi connectivity index (χ1n) is 4.69. The van der Waals surface area contributed by atoms with Crippen LogP contribution in [0, 0.1) is 6.92 Å². The third-order valence-corrected chi connectivity index (χ3v) is 2.32. The summed E-state index contributed by atoms with van der Waals surface area (Å²) < 4.78 is 4.49. The zero-order valence-electron chi connectivity index (χ0n) is 9.35. The van der Waals surface area contributed by atoms with E-state index in [0.717, 1.165) is 5.56 Å². The molecular formula is C11H10ClN3O2. The third-order valence-electron chi connectivity index (χ3n) is 2.00. The van der Waals surface area contributed by atoms with Gasteiger partial charge in [0, 0.05) is 9.93 Å². The van der Waals surface area contributed by atoms with E-state index in [1.165, 1.54) is 13.2 Å². The van der Waals surface area contributed by atoms with E-state index >= 15 is 0 Å². The summed E-state index contributed by atoms with van der Waals surface area (Å²) in [5, 5.41) is 3.73. The normalized spacial score (nSPS) is 10.6. The second kappa shape index (κ2) is 5.94. The SMILES string of the molecule is COC(=O)/C(=C/c1ccc(C)cc1Cl)N=[N+]=[N-]. The van der Waals surface area contributed by atoms with Crippen LogP contribution in [-0.4, -0.2) is 13.1 Å². The Kier molecular flexibility index (Phi) is 4.57. The number of ether oxygens (including phenoxy) is 1. The maximum Gasteiger partial charge on any atom is 0.340 e. The number of azide groups is 1. The number of nitrogens with zero attached hydrogens (tertiary/aromatic N) is 3. The molecule has 6 heteroatoms. The van der Waals surface area contributed by atoms with Gasteiger partial charge in [-0.3, -0.25) is 0 Å². The molecule has 1 aromatic rings. The van der Waals surface area contributed by atoms with Crippen LogP contribution < -0.4 is 0 Å². The molecule has 0 aliphatic rings. The molecule has 0 spiro atoms. The van der Waals surface area contributed by atoms with Gasteiger partial charge in [-0.15, -0.1) is 0 Å². The van der Waals surface area contributed by atoms with Gasteiger partial charge in [0.05, 0.1) is 7.11 Å². The Balaban J connectivity index is 3.21. The van der Waals surface area contributed by atoms with Gasteiger partial charge in [0.2, 0.25) is 0 Å². The predicted molar refractivity (Wildman–Crippen MR) is 65.3 cm³/mol. The summed E-state index contributed by atoms with van der Waals surface area (Å²) in [7, 11) is 1.21. The molecule has 0 atom stereocenters. The second-order valence-corrected chi connectivity index (χ2v) is 3.64. The first kappa shape index (κ1) is 13.1. The van der Waals surface area contributed by atoms with Crippen molar-refractivity contribution in [2.75, 3.05) is 7.11 Å². The third kappa shape index (κ3) is 3.52. The maximum atomic E-state index is 11.3. The first-order valence-corrected chi connectivity index (χ1v) is 5.07. The fraction of sp³-hybridized carbons (Fsp3) is 0.182. The fourth-order valence-electron chi connectivity index (χ4n) is 1.18. The largest absolute Gasteiger partial charge is 0.466 e. The smallest absolute Gasteiger partial charge is 0.340 e. The van der Waals surface area contributed by atoms with Gasteiger partial charge in [-0.05, 0) is 35.7 Å². The van der Waals surface area contributed by atoms with Crippen molar-refractivity contribution < 1.29 is 9.53 Å². The van der Waals surface area contributed by atoms with E-state index in [1.807, 2.05) is 13.0 Å². The van der Waals surface area contributed by atoms with Gasteiger partial charge in [0.15, 0.2) is 0 Å². The monoisotopic (exact) mass is 251 g/mol. The highest BCUT2D eigenvalue weighted by atomic mass is 35.5. The van der Waals surface area contributed by atoms with Gasteiger partial charge >= 0.3 is 5.97 Å². The van der Waals surface area contributed by atoms with Gasteiger partial charge in [-0.1, -0.05) is 28.8 Å². The fourth-order valence-corrected chi connectivity index (χ4v) is 1.47. The van der Waals surface area contributed by atoms with Crippen molar-refractivity contribution in [1.29, 1.82) is 0 Å². The number of hydrogen-bond donors (Lipinski definition) is 0. The first-order chi connectivity index (χ1) is 8.08. The van der Waals surface area contributed by atoms with Crippen molar-refractivity contribution >= 4 is 23.6 Å². The van der Waals surface area contributed by atoms with Crippen LogP contribution in [0.3, 0.4) is 0 Å². The van der Waals surface area contributed by atoms with Crippen molar-refractivity contribution in [1.82, 2.24) is 0 Å². The molecule has 0 aromatic heterocycles. The number of aryl methyl sites for hydroxylation is 1. The van der Waals surface area contributed by atoms with Crippen LogP contribution in [0.5, 0.6) is 0 Å². The number of methoxy groups -OCH3 is 1. The highest BCUT2D eigenvalue weighted by Crippen LogP contribution is 2.21. The molecule has 1 aromatic carbocycles. The minimum absolute atomic E-state index is 0.138. The predicted octanol–water partition coefficient (Wildman–Crippen LogP) is 3.47. The standard InChI is InChI=1S/C11H10ClN3O2/c1-7-3-4-8(9(12)5-7)6-10(14-15-13)11(16)17-2/h3-6H,1-2H3/b10-6-. The van der Waals surface area contributed by atoms with Crippen LogP contribution in [0.15, 0.2) is 29.0 Å². The molecule has 88 valence electrons. The maximum absolute atomic E-state index is 11.3. The molecule has 0 amide bonds. The molecule has 0 radical (unpaired) electrons. The number of esters is 1. The molecule has 0 fully saturated rings. The number of benzene rings is 1. The Morgan fingerprint density at radius 1 is 1.59 bits per heavy atom. The molecule has 5 nitrogen and oxygen atoms in total. The summed E-state index contributed by atoms with van der Waals surface area (Å²) in [5.74, 6) is -0.709. The number of carbonyl (C=O) groups excluding carboxylic acids is 1. The van der Waals surface area contributed by atoms with E-state index in [4.69, 9.17) is 17.1 Å². The average Bonchev–Trinajstić information content (AvgIpc) is 2.30. The summed E-state index contributed by atoms with van der Waals surface area (Å²) in [6.45, 7) is 1.90. The molecular weight excluding hydrogens is 242 g/mol. The molecule has 17 heavy (non-hydrogen) atoms. The summed E-state index contributed by atoms with van der Waals surface area (Å²) in [6.07, 6.45) is 1.38. The van der Waals surface area contributed by atoms with E-state index in [0.29, 0.717) is 10.6 Å². The highest BCUT2D eigenvalue weighted by Gasteiger charge is 2.08. The lowest BCUT2D eigenvalue weighted by Gasteiger charge is -2.02. The van der Waals surface area contributed by atoms with Crippen LogP contribution in [0.1, 0.15) is 11.1 Å². The summed E-state index contributed by atoms with van der Waals surface area (Å²) in [6, 6.07) is 5.31. The van der Waals surface area contributed by atoms with Crippen molar-refractivity contribution in [2.45, 2.75) is 6.92 Å². The number of halogens is 1. The Hall–Kier alpha value is -1.97.